The molecule has 0 unspecified atom stereocenters. The van der Waals surface area contributed by atoms with Gasteiger partial charge in [-0.2, -0.15) is 5.10 Å². The molecule has 1 aliphatic rings. The lowest BCUT2D eigenvalue weighted by Crippen LogP contribution is -2.22. The van der Waals surface area contributed by atoms with Crippen molar-refractivity contribution < 1.29 is 4.79 Å². The number of nitrogens with zero attached hydrogens (tertiary/aromatic N) is 2. The van der Waals surface area contributed by atoms with Crippen molar-refractivity contribution in [2.24, 2.45) is 0 Å². The van der Waals surface area contributed by atoms with Crippen LogP contribution in [-0.2, 0) is 4.79 Å². The molecular weight excluding hydrogens is 350 g/mol. The molecule has 0 spiro atoms. The van der Waals surface area contributed by atoms with Gasteiger partial charge in [0.15, 0.2) is 0 Å². The van der Waals surface area contributed by atoms with E-state index in [9.17, 15) is 4.79 Å². The van der Waals surface area contributed by atoms with E-state index in [0.29, 0.717) is 0 Å². The standard InChI is InChI=1S/C19H19N3OS2/c1-11-6-4-7-14(10-11)22-18-16(12(2)21-22)17(15-8-5-9-24-15)25-13(3)19(23)20-18/h4-10,13,17H,1-3H3,(H,20,23)/t13-,17-/m0/s1. The predicted octanol–water partition coefficient (Wildman–Crippen LogP) is 4.71. The fourth-order valence-electron chi connectivity index (χ4n) is 3.12. The lowest BCUT2D eigenvalue weighted by molar-refractivity contribution is -0.115. The minimum absolute atomic E-state index is 0.0270. The third-order valence-corrected chi connectivity index (χ3v) is 6.84. The van der Waals surface area contributed by atoms with Gasteiger partial charge in [-0.1, -0.05) is 18.2 Å². The van der Waals surface area contributed by atoms with Crippen molar-refractivity contribution in [3.63, 3.8) is 0 Å². The maximum Gasteiger partial charge on any atom is 0.238 e. The molecule has 0 radical (unpaired) electrons. The van der Waals surface area contributed by atoms with Crippen LogP contribution >= 0.6 is 23.1 Å². The van der Waals surface area contributed by atoms with Crippen LogP contribution in [0.2, 0.25) is 0 Å². The largest absolute Gasteiger partial charge is 0.309 e. The first-order valence-electron chi connectivity index (χ1n) is 8.21. The molecule has 0 bridgehead atoms. The summed E-state index contributed by atoms with van der Waals surface area (Å²) in [5.74, 6) is 0.822. The zero-order chi connectivity index (χ0) is 17.6. The van der Waals surface area contributed by atoms with Gasteiger partial charge in [-0.05, 0) is 49.9 Å². The normalized spacial score (nSPS) is 20.0. The first-order valence-corrected chi connectivity index (χ1v) is 10.0. The smallest absolute Gasteiger partial charge is 0.238 e. The molecule has 3 aromatic rings. The molecule has 2 aromatic heterocycles. The second-order valence-corrected chi connectivity index (χ2v) is 8.69. The van der Waals surface area contributed by atoms with E-state index in [2.05, 4.69) is 41.9 Å². The van der Waals surface area contributed by atoms with Crippen LogP contribution in [0.1, 0.15) is 33.9 Å². The molecule has 1 aliphatic heterocycles. The summed E-state index contributed by atoms with van der Waals surface area (Å²) in [6.07, 6.45) is 0. The minimum atomic E-state index is -0.121. The highest BCUT2D eigenvalue weighted by Crippen LogP contribution is 2.47. The van der Waals surface area contributed by atoms with Gasteiger partial charge in [0.2, 0.25) is 5.91 Å². The molecule has 128 valence electrons. The number of amides is 1. The van der Waals surface area contributed by atoms with Crippen molar-refractivity contribution in [1.29, 1.82) is 0 Å². The molecule has 25 heavy (non-hydrogen) atoms. The molecule has 1 N–H and O–H groups in total. The van der Waals surface area contributed by atoms with E-state index in [1.807, 2.05) is 30.7 Å². The molecular formula is C19H19N3OS2. The number of aromatic nitrogens is 2. The first-order chi connectivity index (χ1) is 12.0. The summed E-state index contributed by atoms with van der Waals surface area (Å²) in [5.41, 5.74) is 4.19. The summed E-state index contributed by atoms with van der Waals surface area (Å²) in [5, 5.41) is 9.95. The summed E-state index contributed by atoms with van der Waals surface area (Å²) in [6.45, 7) is 6.05. The number of fused-ring (bicyclic) bond motifs is 1. The van der Waals surface area contributed by atoms with Crippen LogP contribution in [0.4, 0.5) is 5.82 Å². The second kappa shape index (κ2) is 6.35. The van der Waals surface area contributed by atoms with Gasteiger partial charge in [0.25, 0.3) is 0 Å². The highest BCUT2D eigenvalue weighted by Gasteiger charge is 2.34. The number of hydrogen-bond donors (Lipinski definition) is 1. The van der Waals surface area contributed by atoms with Gasteiger partial charge in [0, 0.05) is 10.4 Å². The average Bonchev–Trinajstić information content (AvgIpc) is 3.19. The van der Waals surface area contributed by atoms with E-state index in [1.165, 1.54) is 4.88 Å². The number of benzene rings is 1. The fraction of sp³-hybridized carbons (Fsp3) is 0.263. The highest BCUT2D eigenvalue weighted by atomic mass is 32.2. The maximum absolute atomic E-state index is 12.6. The number of thioether (sulfide) groups is 1. The van der Waals surface area contributed by atoms with E-state index in [-0.39, 0.29) is 16.4 Å². The quantitative estimate of drug-likeness (QED) is 0.711. The number of rotatable bonds is 2. The zero-order valence-electron chi connectivity index (χ0n) is 14.3. The van der Waals surface area contributed by atoms with Gasteiger partial charge in [0.05, 0.1) is 21.9 Å². The number of carbonyl (C=O) groups excluding carboxylic acids is 1. The number of hydrogen-bond acceptors (Lipinski definition) is 4. The Morgan fingerprint density at radius 3 is 2.76 bits per heavy atom. The van der Waals surface area contributed by atoms with E-state index < -0.39 is 0 Å². The number of aryl methyl sites for hydroxylation is 2. The van der Waals surface area contributed by atoms with Crippen molar-refractivity contribution in [1.82, 2.24) is 9.78 Å². The first kappa shape index (κ1) is 16.4. The predicted molar refractivity (Wildman–Crippen MR) is 105 cm³/mol. The third-order valence-electron chi connectivity index (χ3n) is 4.37. The second-order valence-electron chi connectivity index (χ2n) is 6.26. The summed E-state index contributed by atoms with van der Waals surface area (Å²) in [7, 11) is 0. The van der Waals surface area contributed by atoms with E-state index in [0.717, 1.165) is 28.3 Å². The Bertz CT molecular complexity index is 930. The number of nitrogens with one attached hydrogen (secondary N) is 1. The van der Waals surface area contributed by atoms with Gasteiger partial charge >= 0.3 is 0 Å². The minimum Gasteiger partial charge on any atom is -0.309 e. The molecule has 1 aromatic carbocycles. The van der Waals surface area contributed by atoms with Crippen LogP contribution in [0.25, 0.3) is 5.69 Å². The third kappa shape index (κ3) is 2.89. The average molecular weight is 370 g/mol. The number of carbonyl (C=O) groups is 1. The fourth-order valence-corrected chi connectivity index (χ4v) is 5.39. The van der Waals surface area contributed by atoms with Gasteiger partial charge in [0.1, 0.15) is 5.82 Å². The van der Waals surface area contributed by atoms with Crippen LogP contribution in [0.15, 0.2) is 41.8 Å². The summed E-state index contributed by atoms with van der Waals surface area (Å²) >= 11 is 3.41. The van der Waals surface area contributed by atoms with E-state index in [4.69, 9.17) is 5.10 Å². The van der Waals surface area contributed by atoms with Gasteiger partial charge in [-0.15, -0.1) is 23.1 Å². The Morgan fingerprint density at radius 2 is 2.04 bits per heavy atom. The van der Waals surface area contributed by atoms with Gasteiger partial charge < -0.3 is 5.32 Å². The van der Waals surface area contributed by atoms with E-state index >= 15 is 0 Å². The Balaban J connectivity index is 1.92. The van der Waals surface area contributed by atoms with E-state index in [1.54, 1.807) is 23.1 Å². The van der Waals surface area contributed by atoms with Crippen molar-refractivity contribution in [3.8, 4) is 5.69 Å². The topological polar surface area (TPSA) is 46.9 Å². The maximum atomic E-state index is 12.6. The molecule has 0 saturated heterocycles. The van der Waals surface area contributed by atoms with Crippen molar-refractivity contribution in [3.05, 3.63) is 63.5 Å². The van der Waals surface area contributed by atoms with Crippen LogP contribution in [0.3, 0.4) is 0 Å². The van der Waals surface area contributed by atoms with Crippen LogP contribution < -0.4 is 5.32 Å². The summed E-state index contributed by atoms with van der Waals surface area (Å²) in [6, 6.07) is 12.4. The zero-order valence-corrected chi connectivity index (χ0v) is 15.9. The lowest BCUT2D eigenvalue weighted by atomic mass is 10.1. The van der Waals surface area contributed by atoms with Gasteiger partial charge in [-0.25, -0.2) is 4.68 Å². The molecule has 1 amide bonds. The van der Waals surface area contributed by atoms with Crippen LogP contribution in [-0.4, -0.2) is 20.9 Å². The molecule has 0 saturated carbocycles. The van der Waals surface area contributed by atoms with Crippen molar-refractivity contribution >= 4 is 34.8 Å². The monoisotopic (exact) mass is 369 g/mol. The van der Waals surface area contributed by atoms with Crippen molar-refractivity contribution in [2.75, 3.05) is 5.32 Å². The van der Waals surface area contributed by atoms with Crippen molar-refractivity contribution in [2.45, 2.75) is 31.3 Å². The molecule has 0 aliphatic carbocycles. The van der Waals surface area contributed by atoms with Crippen LogP contribution in [0.5, 0.6) is 0 Å². The van der Waals surface area contributed by atoms with Gasteiger partial charge in [-0.3, -0.25) is 4.79 Å². The molecule has 4 rings (SSSR count). The lowest BCUT2D eigenvalue weighted by Gasteiger charge is -2.15. The number of thiophene rings is 1. The Morgan fingerprint density at radius 1 is 1.20 bits per heavy atom. The summed E-state index contributed by atoms with van der Waals surface area (Å²) < 4.78 is 1.87. The molecule has 2 atom stereocenters. The molecule has 6 heteroatoms. The summed E-state index contributed by atoms with van der Waals surface area (Å²) in [4.78, 5) is 13.8. The Hall–Kier alpha value is -2.05. The Labute approximate surface area is 155 Å². The highest BCUT2D eigenvalue weighted by molar-refractivity contribution is 8.01. The van der Waals surface area contributed by atoms with Crippen LogP contribution in [0, 0.1) is 13.8 Å². The number of anilines is 1. The molecule has 0 fully saturated rings. The SMILES string of the molecule is Cc1cccc(-n2nc(C)c3c2NC(=O)[C@H](C)S[C@H]3c2cccs2)c1. The molecule has 4 nitrogen and oxygen atoms in total. The Kier molecular flexibility index (Phi) is 4.17. The molecule has 3 heterocycles.